The molecule has 4 aromatic rings. The fourth-order valence-electron chi connectivity index (χ4n) is 8.30. The zero-order chi connectivity index (χ0) is 30.2. The van der Waals surface area contributed by atoms with Gasteiger partial charge in [0.15, 0.2) is 5.82 Å². The lowest BCUT2D eigenvalue weighted by atomic mass is 9.88. The highest BCUT2D eigenvalue weighted by Gasteiger charge is 2.49. The second-order valence-electron chi connectivity index (χ2n) is 12.9. The van der Waals surface area contributed by atoms with Crippen molar-refractivity contribution < 1.29 is 23.0 Å². The van der Waals surface area contributed by atoms with E-state index in [9.17, 15) is 13.9 Å². The van der Waals surface area contributed by atoms with Gasteiger partial charge in [-0.3, -0.25) is 9.88 Å². The standard InChI is InChI=1S/C34H32F3N5O2/c1-2-24-27(36)7-4-18-12-23(43)13-25(28(18)24)31-29(37)32-26(15-38-31)30(19-10-21-5-6-22(11-19)39-21)40-33(41-32)44-17-34-8-3-9-42(34)16-20(35)14-34/h1,4,7,12-13,15,19-22,39,43H,3,5-6,8-11,14,16-17H2/t19?,20-,21?,22?,34+/m1/s1. The third-order valence-corrected chi connectivity index (χ3v) is 10.2. The largest absolute Gasteiger partial charge is 0.508 e. The molecule has 4 aliphatic rings. The molecular weight excluding hydrogens is 567 g/mol. The van der Waals surface area contributed by atoms with Gasteiger partial charge in [0.1, 0.15) is 35.6 Å². The number of fused-ring (bicyclic) bond motifs is 5. The zero-order valence-corrected chi connectivity index (χ0v) is 24.1. The number of alkyl halides is 1. The minimum absolute atomic E-state index is 0.0339. The first-order valence-electron chi connectivity index (χ1n) is 15.4. The molecule has 8 rings (SSSR count). The predicted octanol–water partition coefficient (Wildman–Crippen LogP) is 5.76. The number of halogens is 3. The van der Waals surface area contributed by atoms with Crippen molar-refractivity contribution in [2.75, 3.05) is 19.7 Å². The van der Waals surface area contributed by atoms with Gasteiger partial charge in [-0.1, -0.05) is 12.0 Å². The van der Waals surface area contributed by atoms with Gasteiger partial charge in [-0.2, -0.15) is 9.97 Å². The van der Waals surface area contributed by atoms with Gasteiger partial charge in [0.2, 0.25) is 0 Å². The van der Waals surface area contributed by atoms with Crippen LogP contribution in [0.2, 0.25) is 0 Å². The van der Waals surface area contributed by atoms with Crippen LogP contribution in [0.15, 0.2) is 30.5 Å². The van der Waals surface area contributed by atoms with E-state index in [4.69, 9.17) is 16.1 Å². The molecule has 2 unspecified atom stereocenters. The molecule has 44 heavy (non-hydrogen) atoms. The Hall–Kier alpha value is -3.94. The number of terminal acetylenes is 1. The van der Waals surface area contributed by atoms with Crippen LogP contribution in [0, 0.1) is 24.0 Å². The van der Waals surface area contributed by atoms with Crippen molar-refractivity contribution in [1.82, 2.24) is 25.2 Å². The second-order valence-corrected chi connectivity index (χ2v) is 12.9. The third kappa shape index (κ3) is 4.39. The van der Waals surface area contributed by atoms with E-state index in [-0.39, 0.29) is 52.0 Å². The van der Waals surface area contributed by atoms with Gasteiger partial charge in [0.25, 0.3) is 0 Å². The van der Waals surface area contributed by atoms with Crippen LogP contribution in [0.4, 0.5) is 13.2 Å². The summed E-state index contributed by atoms with van der Waals surface area (Å²) >= 11 is 0. The summed E-state index contributed by atoms with van der Waals surface area (Å²) in [6, 6.07) is 6.29. The molecule has 0 saturated carbocycles. The van der Waals surface area contributed by atoms with Gasteiger partial charge in [0.05, 0.1) is 16.8 Å². The molecule has 2 bridgehead atoms. The van der Waals surface area contributed by atoms with E-state index in [1.54, 1.807) is 6.20 Å². The molecule has 2 aromatic heterocycles. The molecular formula is C34H32F3N5O2. The molecule has 2 N–H and O–H groups in total. The van der Waals surface area contributed by atoms with E-state index >= 15 is 4.39 Å². The summed E-state index contributed by atoms with van der Waals surface area (Å²) < 4.78 is 52.2. The Bertz CT molecular complexity index is 1850. The van der Waals surface area contributed by atoms with Crippen LogP contribution in [0.3, 0.4) is 0 Å². The first-order chi connectivity index (χ1) is 21.3. The highest BCUT2D eigenvalue weighted by atomic mass is 19.1. The number of pyridine rings is 1. The molecule has 0 amide bonds. The van der Waals surface area contributed by atoms with E-state index < -0.39 is 23.3 Å². The summed E-state index contributed by atoms with van der Waals surface area (Å²) in [4.78, 5) is 16.1. The maximum absolute atomic E-state index is 16.7. The summed E-state index contributed by atoms with van der Waals surface area (Å²) in [5.74, 6) is 0.929. The van der Waals surface area contributed by atoms with Crippen molar-refractivity contribution in [3.8, 4) is 35.4 Å². The Morgan fingerprint density at radius 2 is 1.98 bits per heavy atom. The third-order valence-electron chi connectivity index (χ3n) is 10.2. The topological polar surface area (TPSA) is 83.4 Å². The van der Waals surface area contributed by atoms with Crippen LogP contribution < -0.4 is 10.1 Å². The Balaban J connectivity index is 1.28. The van der Waals surface area contributed by atoms with Crippen molar-refractivity contribution >= 4 is 21.7 Å². The van der Waals surface area contributed by atoms with E-state index in [1.165, 1.54) is 24.3 Å². The highest BCUT2D eigenvalue weighted by Crippen LogP contribution is 2.43. The normalized spacial score (nSPS) is 28.0. The molecule has 4 atom stereocenters. The lowest BCUT2D eigenvalue weighted by molar-refractivity contribution is 0.107. The fraction of sp³-hybridized carbons (Fsp3) is 0.441. The minimum Gasteiger partial charge on any atom is -0.508 e. The summed E-state index contributed by atoms with van der Waals surface area (Å²) in [5, 5.41) is 15.4. The van der Waals surface area contributed by atoms with Crippen LogP contribution >= 0.6 is 0 Å². The average molecular weight is 600 g/mol. The van der Waals surface area contributed by atoms with Gasteiger partial charge in [0, 0.05) is 53.5 Å². The van der Waals surface area contributed by atoms with Crippen molar-refractivity contribution in [2.24, 2.45) is 0 Å². The van der Waals surface area contributed by atoms with E-state index in [0.29, 0.717) is 41.5 Å². The molecule has 4 fully saturated rings. The van der Waals surface area contributed by atoms with Crippen LogP contribution in [0.25, 0.3) is 32.9 Å². The first-order valence-corrected chi connectivity index (χ1v) is 15.4. The number of aromatic nitrogens is 3. The monoisotopic (exact) mass is 599 g/mol. The maximum Gasteiger partial charge on any atom is 0.317 e. The first kappa shape index (κ1) is 27.6. The van der Waals surface area contributed by atoms with Crippen LogP contribution in [-0.4, -0.2) is 68.4 Å². The molecule has 4 aliphatic heterocycles. The van der Waals surface area contributed by atoms with Gasteiger partial charge >= 0.3 is 6.01 Å². The lowest BCUT2D eigenvalue weighted by Crippen LogP contribution is -2.43. The number of benzene rings is 2. The number of ether oxygens (including phenoxy) is 1. The Labute approximate surface area is 252 Å². The minimum atomic E-state index is -0.905. The molecule has 226 valence electrons. The van der Waals surface area contributed by atoms with Crippen LogP contribution in [0.1, 0.15) is 62.1 Å². The van der Waals surface area contributed by atoms with Gasteiger partial charge < -0.3 is 15.2 Å². The fourth-order valence-corrected chi connectivity index (χ4v) is 8.30. The zero-order valence-electron chi connectivity index (χ0n) is 24.1. The smallest absolute Gasteiger partial charge is 0.317 e. The number of phenols is 1. The molecule has 7 nitrogen and oxygen atoms in total. The molecule has 0 aliphatic carbocycles. The number of rotatable bonds is 5. The second kappa shape index (κ2) is 10.3. The Morgan fingerprint density at radius 1 is 1.16 bits per heavy atom. The molecule has 4 saturated heterocycles. The number of nitrogens with zero attached hydrogens (tertiary/aromatic N) is 4. The summed E-state index contributed by atoms with van der Waals surface area (Å²) in [6.07, 6.45) is 12.4. The number of hydrogen-bond acceptors (Lipinski definition) is 7. The maximum atomic E-state index is 16.7. The van der Waals surface area contributed by atoms with Gasteiger partial charge in [-0.25, -0.2) is 13.2 Å². The number of phenolic OH excluding ortho intramolecular Hbond substituents is 1. The van der Waals surface area contributed by atoms with E-state index in [2.05, 4.69) is 26.1 Å². The Morgan fingerprint density at radius 3 is 2.77 bits per heavy atom. The van der Waals surface area contributed by atoms with E-state index in [1.807, 2.05) is 0 Å². The average Bonchev–Trinajstić information content (AvgIpc) is 3.66. The lowest BCUT2D eigenvalue weighted by Gasteiger charge is -2.31. The molecule has 2 aromatic carbocycles. The van der Waals surface area contributed by atoms with Gasteiger partial charge in [-0.15, -0.1) is 6.42 Å². The van der Waals surface area contributed by atoms with Crippen LogP contribution in [-0.2, 0) is 0 Å². The number of aromatic hydroxyl groups is 1. The number of piperidine rings is 1. The summed E-state index contributed by atoms with van der Waals surface area (Å²) in [7, 11) is 0. The van der Waals surface area contributed by atoms with Crippen molar-refractivity contribution in [2.45, 2.75) is 74.7 Å². The van der Waals surface area contributed by atoms with Crippen molar-refractivity contribution in [3.05, 3.63) is 53.4 Å². The quantitative estimate of drug-likeness (QED) is 0.282. The van der Waals surface area contributed by atoms with Crippen molar-refractivity contribution in [1.29, 1.82) is 0 Å². The van der Waals surface area contributed by atoms with Crippen LogP contribution in [0.5, 0.6) is 11.8 Å². The number of hydrogen-bond donors (Lipinski definition) is 2. The van der Waals surface area contributed by atoms with Crippen molar-refractivity contribution in [3.63, 3.8) is 0 Å². The van der Waals surface area contributed by atoms with E-state index in [0.717, 1.165) is 45.1 Å². The SMILES string of the molecule is C#Cc1c(F)ccc2cc(O)cc(-c3ncc4c(C5CC6CCC(C5)N6)nc(OC[C@@]56CCCN5C[C@H](F)C6)nc4c3F)c12. The molecule has 6 heterocycles. The summed E-state index contributed by atoms with van der Waals surface area (Å²) in [6.45, 7) is 1.44. The molecule has 0 spiro atoms. The number of nitrogens with one attached hydrogen (secondary N) is 1. The summed E-state index contributed by atoms with van der Waals surface area (Å²) in [5.41, 5.74) is 0.316. The van der Waals surface area contributed by atoms with Gasteiger partial charge in [-0.05, 0) is 68.7 Å². The predicted molar refractivity (Wildman–Crippen MR) is 160 cm³/mol. The molecule has 10 heteroatoms. The Kier molecular flexibility index (Phi) is 6.47. The molecule has 0 radical (unpaired) electrons. The highest BCUT2D eigenvalue weighted by molar-refractivity contribution is 6.02.